The molecule has 2 rings (SSSR count). The van der Waals surface area contributed by atoms with E-state index in [-0.39, 0.29) is 5.91 Å². The Balaban J connectivity index is 1.92. The zero-order valence-electron chi connectivity index (χ0n) is 10.5. The van der Waals surface area contributed by atoms with Crippen LogP contribution in [0.4, 0.5) is 4.39 Å². The Hall–Kier alpha value is -0.610. The lowest BCUT2D eigenvalue weighted by Gasteiger charge is -2.17. The molecular formula is C14H16BrClFNO. The van der Waals surface area contributed by atoms with Crippen LogP contribution in [-0.2, 0) is 0 Å². The molecule has 0 bridgehead atoms. The van der Waals surface area contributed by atoms with Gasteiger partial charge in [0.2, 0.25) is 0 Å². The van der Waals surface area contributed by atoms with Crippen LogP contribution in [0.1, 0.15) is 29.6 Å². The number of alkyl halides is 1. The Kier molecular flexibility index (Phi) is 5.22. The van der Waals surface area contributed by atoms with Crippen LogP contribution in [0.25, 0.3) is 0 Å². The van der Waals surface area contributed by atoms with Crippen molar-refractivity contribution >= 4 is 33.4 Å². The molecule has 104 valence electrons. The van der Waals surface area contributed by atoms with Crippen molar-refractivity contribution in [2.75, 3.05) is 12.4 Å². The Morgan fingerprint density at radius 1 is 1.42 bits per heavy atom. The summed E-state index contributed by atoms with van der Waals surface area (Å²) in [6, 6.07) is 4.39. The summed E-state index contributed by atoms with van der Waals surface area (Å²) in [6.45, 7) is 0.619. The van der Waals surface area contributed by atoms with E-state index in [4.69, 9.17) is 11.6 Å². The largest absolute Gasteiger partial charge is 0.352 e. The molecule has 0 radical (unpaired) electrons. The lowest BCUT2D eigenvalue weighted by Crippen LogP contribution is -2.31. The van der Waals surface area contributed by atoms with E-state index in [1.807, 2.05) is 0 Å². The Labute approximate surface area is 125 Å². The summed E-state index contributed by atoms with van der Waals surface area (Å²) in [5, 5.41) is 2.87. The number of hydrogen-bond donors (Lipinski definition) is 1. The normalized spacial score (nSPS) is 22.5. The van der Waals surface area contributed by atoms with E-state index in [1.54, 1.807) is 12.1 Å². The van der Waals surface area contributed by atoms with Gasteiger partial charge >= 0.3 is 0 Å². The van der Waals surface area contributed by atoms with E-state index in [2.05, 4.69) is 21.2 Å². The summed E-state index contributed by atoms with van der Waals surface area (Å²) < 4.78 is 13.7. The van der Waals surface area contributed by atoms with Gasteiger partial charge in [0.1, 0.15) is 5.82 Å². The first-order valence-corrected chi connectivity index (χ1v) is 7.73. The van der Waals surface area contributed by atoms with E-state index in [0.717, 1.165) is 12.8 Å². The minimum atomic E-state index is -0.424. The SMILES string of the molecule is O=C(NCC1CCCC1CCl)c1ccc(Br)c(F)c1. The summed E-state index contributed by atoms with van der Waals surface area (Å²) in [6.07, 6.45) is 3.41. The molecule has 0 aromatic heterocycles. The zero-order chi connectivity index (χ0) is 13.8. The van der Waals surface area contributed by atoms with Gasteiger partial charge in [0.15, 0.2) is 0 Å². The van der Waals surface area contributed by atoms with Crippen LogP contribution in [0.3, 0.4) is 0 Å². The van der Waals surface area contributed by atoms with E-state index in [0.29, 0.717) is 34.3 Å². The second-order valence-corrected chi connectivity index (χ2v) is 6.11. The highest BCUT2D eigenvalue weighted by molar-refractivity contribution is 9.10. The van der Waals surface area contributed by atoms with Gasteiger partial charge < -0.3 is 5.32 Å². The van der Waals surface area contributed by atoms with Crippen molar-refractivity contribution in [3.63, 3.8) is 0 Å². The molecule has 1 aromatic carbocycles. The van der Waals surface area contributed by atoms with Gasteiger partial charge in [-0.05, 0) is 58.8 Å². The predicted molar refractivity (Wildman–Crippen MR) is 78.0 cm³/mol. The average molecular weight is 349 g/mol. The quantitative estimate of drug-likeness (QED) is 0.820. The van der Waals surface area contributed by atoms with Crippen LogP contribution in [0.2, 0.25) is 0 Å². The van der Waals surface area contributed by atoms with Gasteiger partial charge in [0.25, 0.3) is 5.91 Å². The summed E-state index contributed by atoms with van der Waals surface area (Å²) in [7, 11) is 0. The van der Waals surface area contributed by atoms with Crippen molar-refractivity contribution in [1.29, 1.82) is 0 Å². The average Bonchev–Trinajstić information content (AvgIpc) is 2.86. The van der Waals surface area contributed by atoms with E-state index in [1.165, 1.54) is 12.5 Å². The topological polar surface area (TPSA) is 29.1 Å². The van der Waals surface area contributed by atoms with Crippen molar-refractivity contribution in [2.45, 2.75) is 19.3 Å². The smallest absolute Gasteiger partial charge is 0.251 e. The molecular weight excluding hydrogens is 333 g/mol. The number of amides is 1. The van der Waals surface area contributed by atoms with Crippen molar-refractivity contribution in [1.82, 2.24) is 5.32 Å². The molecule has 1 amide bonds. The summed E-state index contributed by atoms with van der Waals surface area (Å²) in [5.74, 6) is 0.928. The molecule has 1 N–H and O–H groups in total. The fraction of sp³-hybridized carbons (Fsp3) is 0.500. The van der Waals surface area contributed by atoms with E-state index >= 15 is 0 Å². The van der Waals surface area contributed by atoms with Gasteiger partial charge in [-0.25, -0.2) is 4.39 Å². The van der Waals surface area contributed by atoms with Gasteiger partial charge in [-0.15, -0.1) is 11.6 Å². The third kappa shape index (κ3) is 3.69. The van der Waals surface area contributed by atoms with Crippen LogP contribution in [0, 0.1) is 17.7 Å². The lowest BCUT2D eigenvalue weighted by molar-refractivity contribution is 0.0944. The second-order valence-electron chi connectivity index (χ2n) is 4.94. The van der Waals surface area contributed by atoms with Crippen LogP contribution in [0.15, 0.2) is 22.7 Å². The Morgan fingerprint density at radius 2 is 2.16 bits per heavy atom. The first kappa shape index (κ1) is 14.8. The van der Waals surface area contributed by atoms with Gasteiger partial charge in [0.05, 0.1) is 4.47 Å². The highest BCUT2D eigenvalue weighted by atomic mass is 79.9. The highest BCUT2D eigenvalue weighted by Gasteiger charge is 2.26. The molecule has 2 atom stereocenters. The summed E-state index contributed by atoms with van der Waals surface area (Å²) in [4.78, 5) is 11.9. The summed E-state index contributed by atoms with van der Waals surface area (Å²) >= 11 is 8.97. The van der Waals surface area contributed by atoms with Gasteiger partial charge in [-0.1, -0.05) is 6.42 Å². The Bertz CT molecular complexity index is 469. The van der Waals surface area contributed by atoms with Gasteiger partial charge in [-0.2, -0.15) is 0 Å². The minimum Gasteiger partial charge on any atom is -0.352 e. The van der Waals surface area contributed by atoms with Crippen molar-refractivity contribution in [3.05, 3.63) is 34.1 Å². The minimum absolute atomic E-state index is 0.230. The molecule has 1 aliphatic rings. The highest BCUT2D eigenvalue weighted by Crippen LogP contribution is 2.32. The number of hydrogen-bond acceptors (Lipinski definition) is 1. The molecule has 1 aromatic rings. The third-order valence-electron chi connectivity index (χ3n) is 3.72. The van der Waals surface area contributed by atoms with Crippen LogP contribution < -0.4 is 5.32 Å². The zero-order valence-corrected chi connectivity index (χ0v) is 12.8. The van der Waals surface area contributed by atoms with Gasteiger partial charge in [0, 0.05) is 18.0 Å². The van der Waals surface area contributed by atoms with Gasteiger partial charge in [-0.3, -0.25) is 4.79 Å². The summed E-state index contributed by atoms with van der Waals surface area (Å²) in [5.41, 5.74) is 0.348. The molecule has 0 saturated heterocycles. The lowest BCUT2D eigenvalue weighted by atomic mass is 9.98. The molecule has 0 aliphatic heterocycles. The molecule has 19 heavy (non-hydrogen) atoms. The molecule has 1 saturated carbocycles. The number of carbonyl (C=O) groups is 1. The molecule has 0 heterocycles. The molecule has 0 spiro atoms. The maximum absolute atomic E-state index is 13.4. The third-order valence-corrected chi connectivity index (χ3v) is 4.76. The second kappa shape index (κ2) is 6.71. The number of rotatable bonds is 4. The first-order chi connectivity index (χ1) is 9.11. The Morgan fingerprint density at radius 3 is 2.84 bits per heavy atom. The predicted octanol–water partition coefficient (Wildman–Crippen LogP) is 3.97. The molecule has 5 heteroatoms. The number of carbonyl (C=O) groups excluding carboxylic acids is 1. The maximum atomic E-state index is 13.4. The maximum Gasteiger partial charge on any atom is 0.251 e. The van der Waals surface area contributed by atoms with Crippen molar-refractivity contribution < 1.29 is 9.18 Å². The van der Waals surface area contributed by atoms with E-state index in [9.17, 15) is 9.18 Å². The van der Waals surface area contributed by atoms with Crippen molar-refractivity contribution in [3.8, 4) is 0 Å². The fourth-order valence-electron chi connectivity index (χ4n) is 2.55. The van der Waals surface area contributed by atoms with Crippen LogP contribution in [-0.4, -0.2) is 18.3 Å². The molecule has 2 nitrogen and oxygen atoms in total. The monoisotopic (exact) mass is 347 g/mol. The number of nitrogens with one attached hydrogen (secondary N) is 1. The van der Waals surface area contributed by atoms with Crippen molar-refractivity contribution in [2.24, 2.45) is 11.8 Å². The first-order valence-electron chi connectivity index (χ1n) is 6.41. The molecule has 2 unspecified atom stereocenters. The van der Waals surface area contributed by atoms with Crippen LogP contribution >= 0.6 is 27.5 Å². The number of halogens is 3. The molecule has 1 aliphatic carbocycles. The molecule has 1 fully saturated rings. The fourth-order valence-corrected chi connectivity index (χ4v) is 3.20. The van der Waals surface area contributed by atoms with E-state index < -0.39 is 5.82 Å². The van der Waals surface area contributed by atoms with Crippen LogP contribution in [0.5, 0.6) is 0 Å². The number of benzene rings is 1. The standard InChI is InChI=1S/C14H16BrClFNO/c15-12-5-4-9(6-13(12)17)14(19)18-8-11-3-1-2-10(11)7-16/h4-6,10-11H,1-3,7-8H2,(H,18,19).